The summed E-state index contributed by atoms with van der Waals surface area (Å²) < 4.78 is 0. The van der Waals surface area contributed by atoms with Crippen molar-refractivity contribution in [1.29, 1.82) is 0 Å². The summed E-state index contributed by atoms with van der Waals surface area (Å²) in [5.74, 6) is -1.64. The van der Waals surface area contributed by atoms with E-state index in [0.717, 1.165) is 31.4 Å². The number of fused-ring (bicyclic) bond motifs is 1. The Kier molecular flexibility index (Phi) is 3.47. The number of anilines is 1. The Labute approximate surface area is 118 Å². The van der Waals surface area contributed by atoms with E-state index in [9.17, 15) is 9.59 Å². The summed E-state index contributed by atoms with van der Waals surface area (Å²) in [6.07, 6.45) is 4.75. The zero-order valence-electron chi connectivity index (χ0n) is 11.4. The first-order valence-electron chi connectivity index (χ1n) is 7.30. The predicted molar refractivity (Wildman–Crippen MR) is 75.6 cm³/mol. The van der Waals surface area contributed by atoms with Gasteiger partial charge >= 0.3 is 5.97 Å². The molecule has 4 heteroatoms. The van der Waals surface area contributed by atoms with Crippen LogP contribution in [0, 0.1) is 11.8 Å². The number of rotatable bonds is 2. The zero-order chi connectivity index (χ0) is 14.1. The molecule has 1 aromatic carbocycles. The average Bonchev–Trinajstić information content (AvgIpc) is 3.20. The molecule has 2 atom stereocenters. The van der Waals surface area contributed by atoms with Crippen molar-refractivity contribution < 1.29 is 14.7 Å². The fourth-order valence-corrected chi connectivity index (χ4v) is 3.04. The molecule has 1 aliphatic carbocycles. The fraction of sp³-hybridized carbons (Fsp3) is 0.500. The summed E-state index contributed by atoms with van der Waals surface area (Å²) in [5, 5.41) is 9.00. The largest absolute Gasteiger partial charge is 0.481 e. The lowest BCUT2D eigenvalue weighted by Crippen LogP contribution is -2.35. The molecule has 4 nitrogen and oxygen atoms in total. The van der Waals surface area contributed by atoms with Crippen LogP contribution in [0.15, 0.2) is 24.3 Å². The van der Waals surface area contributed by atoms with Crippen LogP contribution in [-0.2, 0) is 16.0 Å². The number of carboxylic acids is 1. The first kappa shape index (κ1) is 13.2. The highest BCUT2D eigenvalue weighted by atomic mass is 16.4. The van der Waals surface area contributed by atoms with Crippen molar-refractivity contribution in [3.05, 3.63) is 29.8 Å². The van der Waals surface area contributed by atoms with Crippen molar-refractivity contribution in [2.45, 2.75) is 32.1 Å². The topological polar surface area (TPSA) is 57.6 Å². The summed E-state index contributed by atoms with van der Waals surface area (Å²) >= 11 is 0. The van der Waals surface area contributed by atoms with Crippen LogP contribution in [0.5, 0.6) is 0 Å². The van der Waals surface area contributed by atoms with Crippen molar-refractivity contribution in [3.63, 3.8) is 0 Å². The molecule has 0 radical (unpaired) electrons. The van der Waals surface area contributed by atoms with Crippen LogP contribution < -0.4 is 4.90 Å². The fourth-order valence-electron chi connectivity index (χ4n) is 3.04. The molecule has 0 bridgehead atoms. The molecule has 1 fully saturated rings. The van der Waals surface area contributed by atoms with Gasteiger partial charge in [-0.1, -0.05) is 24.6 Å². The zero-order valence-corrected chi connectivity index (χ0v) is 11.4. The molecule has 1 aliphatic heterocycles. The molecule has 0 aromatic heterocycles. The highest BCUT2D eigenvalue weighted by molar-refractivity contribution is 6.00. The van der Waals surface area contributed by atoms with Crippen LogP contribution >= 0.6 is 0 Å². The second-order valence-electron chi connectivity index (χ2n) is 5.72. The number of carbonyl (C=O) groups excluding carboxylic acids is 1. The van der Waals surface area contributed by atoms with Crippen LogP contribution in [0.2, 0.25) is 0 Å². The number of benzene rings is 1. The van der Waals surface area contributed by atoms with Gasteiger partial charge in [0.25, 0.3) is 0 Å². The normalized spacial score (nSPS) is 25.3. The molecule has 106 valence electrons. The Bertz CT molecular complexity index is 540. The van der Waals surface area contributed by atoms with E-state index in [1.165, 1.54) is 5.56 Å². The molecule has 1 aromatic rings. The third kappa shape index (κ3) is 2.42. The van der Waals surface area contributed by atoms with Gasteiger partial charge in [-0.2, -0.15) is 0 Å². The minimum absolute atomic E-state index is 0.00764. The molecular weight excluding hydrogens is 254 g/mol. The van der Waals surface area contributed by atoms with Crippen molar-refractivity contribution in [3.8, 4) is 0 Å². The quantitative estimate of drug-likeness (QED) is 0.900. The smallest absolute Gasteiger partial charge is 0.307 e. The number of aliphatic carboxylic acids is 1. The second-order valence-corrected chi connectivity index (χ2v) is 5.72. The van der Waals surface area contributed by atoms with E-state index >= 15 is 0 Å². The van der Waals surface area contributed by atoms with Crippen molar-refractivity contribution in [2.24, 2.45) is 11.8 Å². The number of carbonyl (C=O) groups is 2. The Morgan fingerprint density at radius 2 is 1.90 bits per heavy atom. The standard InChI is InChI=1S/C16H19NO3/c18-15(12-10-13(12)16(19)20)17-9-5-1-2-6-11-7-3-4-8-14(11)17/h3-4,7-8,12-13H,1-2,5-6,9-10H2,(H,19,20). The molecule has 3 rings (SSSR count). The van der Waals surface area contributed by atoms with E-state index in [-0.39, 0.29) is 11.8 Å². The average molecular weight is 273 g/mol. The van der Waals surface area contributed by atoms with Crippen LogP contribution in [-0.4, -0.2) is 23.5 Å². The lowest BCUT2D eigenvalue weighted by molar-refractivity contribution is -0.140. The van der Waals surface area contributed by atoms with Gasteiger partial charge in [0, 0.05) is 12.2 Å². The van der Waals surface area contributed by atoms with Crippen LogP contribution in [0.25, 0.3) is 0 Å². The molecule has 0 spiro atoms. The monoisotopic (exact) mass is 273 g/mol. The summed E-state index contributed by atoms with van der Waals surface area (Å²) in [4.78, 5) is 25.3. The van der Waals surface area contributed by atoms with Gasteiger partial charge in [-0.3, -0.25) is 9.59 Å². The van der Waals surface area contributed by atoms with Gasteiger partial charge in [0.2, 0.25) is 5.91 Å². The predicted octanol–water partition coefficient (Wildman–Crippen LogP) is 2.47. The maximum atomic E-state index is 12.6. The summed E-state index contributed by atoms with van der Waals surface area (Å²) in [7, 11) is 0. The number of amides is 1. The van der Waals surface area contributed by atoms with Crippen LogP contribution in [0.4, 0.5) is 5.69 Å². The molecule has 1 amide bonds. The minimum atomic E-state index is -0.844. The molecular formula is C16H19NO3. The lowest BCUT2D eigenvalue weighted by Gasteiger charge is -2.27. The van der Waals surface area contributed by atoms with E-state index in [4.69, 9.17) is 5.11 Å². The first-order valence-corrected chi connectivity index (χ1v) is 7.30. The highest BCUT2D eigenvalue weighted by Gasteiger charge is 2.50. The third-order valence-electron chi connectivity index (χ3n) is 4.30. The summed E-state index contributed by atoms with van der Waals surface area (Å²) in [6.45, 7) is 0.707. The van der Waals surface area contributed by atoms with Crippen LogP contribution in [0.3, 0.4) is 0 Å². The van der Waals surface area contributed by atoms with Crippen LogP contribution in [0.1, 0.15) is 31.2 Å². The van der Waals surface area contributed by atoms with E-state index in [2.05, 4.69) is 6.07 Å². The maximum Gasteiger partial charge on any atom is 0.307 e. The van der Waals surface area contributed by atoms with Gasteiger partial charge in [-0.05, 0) is 37.3 Å². The third-order valence-corrected chi connectivity index (χ3v) is 4.30. The van der Waals surface area contributed by atoms with E-state index in [1.54, 1.807) is 0 Å². The number of hydrogen-bond donors (Lipinski definition) is 1. The van der Waals surface area contributed by atoms with E-state index in [1.807, 2.05) is 23.1 Å². The number of aryl methyl sites for hydroxylation is 1. The van der Waals surface area contributed by atoms with Gasteiger partial charge in [-0.15, -0.1) is 0 Å². The maximum absolute atomic E-state index is 12.6. The SMILES string of the molecule is O=C(O)C1CC1C(=O)N1CCCCCc2ccccc21. The van der Waals surface area contributed by atoms with Gasteiger partial charge < -0.3 is 10.0 Å². The Morgan fingerprint density at radius 3 is 2.65 bits per heavy atom. The van der Waals surface area contributed by atoms with Gasteiger partial charge in [0.1, 0.15) is 0 Å². The molecule has 2 aliphatic rings. The number of carboxylic acid groups (broad SMARTS) is 1. The van der Waals surface area contributed by atoms with Gasteiger partial charge in [0.15, 0.2) is 0 Å². The van der Waals surface area contributed by atoms with E-state index < -0.39 is 11.9 Å². The van der Waals surface area contributed by atoms with Gasteiger partial charge in [0.05, 0.1) is 11.8 Å². The summed E-state index contributed by atoms with van der Waals surface area (Å²) in [5.41, 5.74) is 2.18. The Morgan fingerprint density at radius 1 is 1.10 bits per heavy atom. The van der Waals surface area contributed by atoms with Crippen molar-refractivity contribution in [2.75, 3.05) is 11.4 Å². The number of nitrogens with zero attached hydrogens (tertiary/aromatic N) is 1. The highest BCUT2D eigenvalue weighted by Crippen LogP contribution is 2.41. The van der Waals surface area contributed by atoms with Crippen molar-refractivity contribution >= 4 is 17.6 Å². The van der Waals surface area contributed by atoms with E-state index in [0.29, 0.717) is 13.0 Å². The van der Waals surface area contributed by atoms with Crippen molar-refractivity contribution in [1.82, 2.24) is 0 Å². The summed E-state index contributed by atoms with van der Waals surface area (Å²) in [6, 6.07) is 8.00. The Balaban J connectivity index is 1.85. The molecule has 1 heterocycles. The Hall–Kier alpha value is -1.84. The molecule has 0 saturated heterocycles. The minimum Gasteiger partial charge on any atom is -0.481 e. The molecule has 20 heavy (non-hydrogen) atoms. The van der Waals surface area contributed by atoms with Gasteiger partial charge in [-0.25, -0.2) is 0 Å². The lowest BCUT2D eigenvalue weighted by atomic mass is 10.0. The molecule has 1 saturated carbocycles. The molecule has 2 unspecified atom stereocenters. The molecule has 1 N–H and O–H groups in total. The number of hydrogen-bond acceptors (Lipinski definition) is 2. The second kappa shape index (κ2) is 5.27. The number of para-hydroxylation sites is 1. The first-order chi connectivity index (χ1) is 9.68.